The number of carbonyl (C=O) groups is 2. The second-order valence-corrected chi connectivity index (χ2v) is 8.19. The number of rotatable bonds is 7. The van der Waals surface area contributed by atoms with E-state index in [1.807, 2.05) is 31.3 Å². The Hall–Kier alpha value is -5.59. The smallest absolute Gasteiger partial charge is 0.435 e. The second kappa shape index (κ2) is 12.5. The monoisotopic (exact) mass is 562 g/mol. The Morgan fingerprint density at radius 2 is 1.63 bits per heavy atom. The van der Waals surface area contributed by atoms with Crippen molar-refractivity contribution in [2.45, 2.75) is 6.18 Å². The summed E-state index contributed by atoms with van der Waals surface area (Å²) in [7, 11) is 1.87. The maximum atomic E-state index is 12.5. The van der Waals surface area contributed by atoms with Crippen molar-refractivity contribution in [3.05, 3.63) is 108 Å². The SMILES string of the molecule is CNc1ccc(-c2cnc(Oc3ccc(C(=O)O)cc3)nc2)cc1.O=Cc1cn(-c2ccccn2)nc1C(F)(F)F. The summed E-state index contributed by atoms with van der Waals surface area (Å²) in [6, 6.07) is 18.9. The third kappa shape index (κ3) is 7.29. The van der Waals surface area contributed by atoms with Crippen LogP contribution in [0.4, 0.5) is 18.9 Å². The number of hydrogen-bond acceptors (Lipinski definition) is 8. The number of ether oxygens (including phenoxy) is 1. The van der Waals surface area contributed by atoms with E-state index in [2.05, 4.69) is 25.4 Å². The summed E-state index contributed by atoms with van der Waals surface area (Å²) in [5.41, 5.74) is 1.40. The van der Waals surface area contributed by atoms with Gasteiger partial charge in [-0.1, -0.05) is 18.2 Å². The maximum Gasteiger partial charge on any atom is 0.435 e. The molecule has 10 nitrogen and oxygen atoms in total. The van der Waals surface area contributed by atoms with Crippen molar-refractivity contribution in [2.24, 2.45) is 0 Å². The molecule has 0 bridgehead atoms. The molecule has 41 heavy (non-hydrogen) atoms. The van der Waals surface area contributed by atoms with Gasteiger partial charge in [0.25, 0.3) is 0 Å². The van der Waals surface area contributed by atoms with E-state index in [0.717, 1.165) is 27.7 Å². The quantitative estimate of drug-likeness (QED) is 0.237. The number of anilines is 1. The number of nitrogens with zero attached hydrogens (tertiary/aromatic N) is 5. The molecule has 0 fully saturated rings. The van der Waals surface area contributed by atoms with Crippen LogP contribution in [0.2, 0.25) is 0 Å². The van der Waals surface area contributed by atoms with E-state index in [9.17, 15) is 22.8 Å². The normalized spacial score (nSPS) is 10.7. The molecule has 0 saturated heterocycles. The van der Waals surface area contributed by atoms with Gasteiger partial charge in [0.2, 0.25) is 0 Å². The number of carboxylic acid groups (broad SMARTS) is 1. The summed E-state index contributed by atoms with van der Waals surface area (Å²) in [4.78, 5) is 33.6. The molecule has 0 aliphatic carbocycles. The summed E-state index contributed by atoms with van der Waals surface area (Å²) in [5, 5.41) is 15.3. The molecule has 3 heterocycles. The third-order valence-electron chi connectivity index (χ3n) is 5.47. The summed E-state index contributed by atoms with van der Waals surface area (Å²) in [6.07, 6.45) is 1.25. The molecule has 0 aliphatic rings. The van der Waals surface area contributed by atoms with Gasteiger partial charge in [-0.25, -0.2) is 24.4 Å². The molecule has 2 aromatic carbocycles. The number of aromatic nitrogens is 5. The van der Waals surface area contributed by atoms with Crippen molar-refractivity contribution < 1.29 is 32.6 Å². The molecule has 0 amide bonds. The van der Waals surface area contributed by atoms with Crippen molar-refractivity contribution in [3.8, 4) is 28.7 Å². The zero-order valence-corrected chi connectivity index (χ0v) is 21.3. The average molecular weight is 563 g/mol. The van der Waals surface area contributed by atoms with Gasteiger partial charge in [-0.2, -0.15) is 18.3 Å². The van der Waals surface area contributed by atoms with Gasteiger partial charge >= 0.3 is 18.2 Å². The van der Waals surface area contributed by atoms with E-state index >= 15 is 0 Å². The van der Waals surface area contributed by atoms with Gasteiger partial charge < -0.3 is 15.2 Å². The van der Waals surface area contributed by atoms with Crippen molar-refractivity contribution in [2.75, 3.05) is 12.4 Å². The van der Waals surface area contributed by atoms with E-state index in [4.69, 9.17) is 9.84 Å². The fraction of sp³-hybridized carbons (Fsp3) is 0.0714. The lowest BCUT2D eigenvalue weighted by Gasteiger charge is -2.06. The Kier molecular flexibility index (Phi) is 8.67. The standard InChI is InChI=1S/C18H15N3O3.C10H6F3N3O/c1-19-15-6-2-12(3-7-15)14-10-20-18(21-11-14)24-16-8-4-13(5-9-16)17(22)23;11-10(12,13)9-7(6-17)5-16(15-9)8-3-1-2-4-14-8/h2-11,19H,1H3,(H,22,23);1-6H. The zero-order chi connectivity index (χ0) is 29.4. The van der Waals surface area contributed by atoms with Crippen LogP contribution in [0.1, 0.15) is 26.4 Å². The lowest BCUT2D eigenvalue weighted by Crippen LogP contribution is -2.09. The van der Waals surface area contributed by atoms with E-state index in [-0.39, 0.29) is 23.7 Å². The van der Waals surface area contributed by atoms with Crippen LogP contribution in [0.15, 0.2) is 91.5 Å². The van der Waals surface area contributed by atoms with E-state index in [0.29, 0.717) is 5.75 Å². The molecule has 0 spiro atoms. The highest BCUT2D eigenvalue weighted by Gasteiger charge is 2.37. The van der Waals surface area contributed by atoms with Gasteiger partial charge in [0.1, 0.15) is 5.75 Å². The molecule has 0 radical (unpaired) electrons. The largest absolute Gasteiger partial charge is 0.478 e. The molecular formula is C28H21F3N6O4. The molecule has 208 valence electrons. The molecule has 0 unspecified atom stereocenters. The number of aldehydes is 1. The Balaban J connectivity index is 0.000000201. The topological polar surface area (TPSA) is 132 Å². The van der Waals surface area contributed by atoms with Gasteiger partial charge in [0.05, 0.1) is 11.1 Å². The molecule has 0 aliphatic heterocycles. The zero-order valence-electron chi connectivity index (χ0n) is 21.3. The summed E-state index contributed by atoms with van der Waals surface area (Å²) >= 11 is 0. The van der Waals surface area contributed by atoms with E-state index < -0.39 is 23.4 Å². The van der Waals surface area contributed by atoms with Crippen LogP contribution < -0.4 is 10.1 Å². The van der Waals surface area contributed by atoms with Crippen LogP contribution >= 0.6 is 0 Å². The van der Waals surface area contributed by atoms with Crippen LogP contribution in [0.3, 0.4) is 0 Å². The number of halogens is 3. The summed E-state index contributed by atoms with van der Waals surface area (Å²) < 4.78 is 44.0. The van der Waals surface area contributed by atoms with Crippen molar-refractivity contribution in [3.63, 3.8) is 0 Å². The molecule has 0 saturated carbocycles. The highest BCUT2D eigenvalue weighted by atomic mass is 19.4. The molecule has 13 heteroatoms. The van der Waals surface area contributed by atoms with Gasteiger partial charge in [-0.3, -0.25) is 4.79 Å². The number of pyridine rings is 1. The van der Waals surface area contributed by atoms with E-state index in [1.165, 1.54) is 24.4 Å². The molecule has 5 rings (SSSR count). The maximum absolute atomic E-state index is 12.5. The highest BCUT2D eigenvalue weighted by molar-refractivity contribution is 5.87. The lowest BCUT2D eigenvalue weighted by molar-refractivity contribution is -0.141. The summed E-state index contributed by atoms with van der Waals surface area (Å²) in [6.45, 7) is 0. The molecule has 3 aromatic heterocycles. The molecule has 2 N–H and O–H groups in total. The van der Waals surface area contributed by atoms with Crippen LogP contribution in [-0.2, 0) is 6.18 Å². The van der Waals surface area contributed by atoms with Crippen LogP contribution in [0.5, 0.6) is 11.8 Å². The first-order chi connectivity index (χ1) is 19.7. The lowest BCUT2D eigenvalue weighted by atomic mass is 10.1. The molecular weight excluding hydrogens is 541 g/mol. The number of hydrogen-bond donors (Lipinski definition) is 2. The number of benzene rings is 2. The van der Waals surface area contributed by atoms with Crippen LogP contribution in [0, 0.1) is 0 Å². The number of nitrogens with one attached hydrogen (secondary N) is 1. The van der Waals surface area contributed by atoms with Gasteiger partial charge in [-0.05, 0) is 54.1 Å². The fourth-order valence-corrected chi connectivity index (χ4v) is 3.42. The van der Waals surface area contributed by atoms with Gasteiger partial charge in [-0.15, -0.1) is 0 Å². The second-order valence-electron chi connectivity index (χ2n) is 8.19. The minimum absolute atomic E-state index is 0.120. The van der Waals surface area contributed by atoms with Gasteiger partial charge in [0.15, 0.2) is 17.8 Å². The van der Waals surface area contributed by atoms with Crippen molar-refractivity contribution >= 4 is 17.9 Å². The fourth-order valence-electron chi connectivity index (χ4n) is 3.42. The Labute approximate surface area is 231 Å². The Bertz CT molecular complexity index is 1610. The average Bonchev–Trinajstić information content (AvgIpc) is 3.45. The number of carboxylic acids is 1. The first kappa shape index (κ1) is 28.4. The van der Waals surface area contributed by atoms with E-state index in [1.54, 1.807) is 36.7 Å². The highest BCUT2D eigenvalue weighted by Crippen LogP contribution is 2.30. The Morgan fingerprint density at radius 1 is 0.951 bits per heavy atom. The van der Waals surface area contributed by atoms with Crippen LogP contribution in [0.25, 0.3) is 16.9 Å². The minimum atomic E-state index is -4.66. The number of carbonyl (C=O) groups excluding carboxylic acids is 1. The number of alkyl halides is 3. The third-order valence-corrected chi connectivity index (χ3v) is 5.47. The first-order valence-electron chi connectivity index (χ1n) is 11.8. The number of aromatic carboxylic acids is 1. The predicted octanol–water partition coefficient (Wildman–Crippen LogP) is 5.77. The Morgan fingerprint density at radius 3 is 2.15 bits per heavy atom. The van der Waals surface area contributed by atoms with Gasteiger partial charge in [0, 0.05) is 43.1 Å². The predicted molar refractivity (Wildman–Crippen MR) is 142 cm³/mol. The molecule has 5 aromatic rings. The molecule has 0 atom stereocenters. The minimum Gasteiger partial charge on any atom is -0.478 e. The first-order valence-corrected chi connectivity index (χ1v) is 11.8. The summed E-state index contributed by atoms with van der Waals surface area (Å²) in [5.74, 6) is -0.288. The van der Waals surface area contributed by atoms with Crippen molar-refractivity contribution in [1.82, 2.24) is 24.7 Å². The van der Waals surface area contributed by atoms with Crippen molar-refractivity contribution in [1.29, 1.82) is 0 Å². The van der Waals surface area contributed by atoms with Crippen LogP contribution in [-0.4, -0.2) is 49.1 Å².